The van der Waals surface area contributed by atoms with Gasteiger partial charge in [-0.25, -0.2) is 14.8 Å². The number of carbonyl (C=O) groups is 1. The molecule has 0 saturated heterocycles. The Hall–Kier alpha value is -2.09. The number of methoxy groups -OCH3 is 1. The maximum absolute atomic E-state index is 12.9. The molecular formula is C14H11F3N2O2S. The van der Waals surface area contributed by atoms with Crippen molar-refractivity contribution in [2.45, 2.75) is 11.3 Å². The Morgan fingerprint density at radius 3 is 2.50 bits per heavy atom. The van der Waals surface area contributed by atoms with Crippen LogP contribution < -0.4 is 0 Å². The molecular weight excluding hydrogens is 317 g/mol. The molecule has 0 bridgehead atoms. The van der Waals surface area contributed by atoms with Crippen molar-refractivity contribution < 1.29 is 22.7 Å². The maximum atomic E-state index is 12.9. The molecule has 0 fully saturated rings. The van der Waals surface area contributed by atoms with E-state index >= 15 is 0 Å². The van der Waals surface area contributed by atoms with Gasteiger partial charge in [0.15, 0.2) is 5.16 Å². The van der Waals surface area contributed by atoms with Crippen LogP contribution in [0, 0.1) is 0 Å². The Bertz CT molecular complexity index is 705. The minimum Gasteiger partial charge on any atom is -0.465 e. The summed E-state index contributed by atoms with van der Waals surface area (Å²) in [6.07, 6.45) is -3.02. The number of carbonyl (C=O) groups excluding carboxylic acids is 1. The lowest BCUT2D eigenvalue weighted by Gasteiger charge is -2.11. The first-order valence-corrected chi connectivity index (χ1v) is 7.27. The zero-order valence-corrected chi connectivity index (χ0v) is 12.5. The molecule has 1 aromatic carbocycles. The molecule has 1 aromatic heterocycles. The van der Waals surface area contributed by atoms with E-state index in [9.17, 15) is 18.0 Å². The molecule has 22 heavy (non-hydrogen) atoms. The van der Waals surface area contributed by atoms with Gasteiger partial charge in [-0.2, -0.15) is 13.2 Å². The number of halogens is 3. The molecule has 8 heteroatoms. The number of benzene rings is 1. The van der Waals surface area contributed by atoms with Crippen LogP contribution in [0.1, 0.15) is 16.1 Å². The number of hydrogen-bond donors (Lipinski definition) is 0. The van der Waals surface area contributed by atoms with Crippen LogP contribution in [0.4, 0.5) is 13.2 Å². The van der Waals surface area contributed by atoms with Crippen LogP contribution in [0.15, 0.2) is 35.5 Å². The van der Waals surface area contributed by atoms with Crippen LogP contribution in [0.2, 0.25) is 0 Å². The van der Waals surface area contributed by atoms with Crippen molar-refractivity contribution in [1.82, 2.24) is 9.97 Å². The fraction of sp³-hybridized carbons (Fsp3) is 0.214. The predicted octanol–water partition coefficient (Wildman–Crippen LogP) is 3.67. The SMILES string of the molecule is COC(=O)c1ccccc1-c1cc(C(F)(F)F)nc(SC)n1. The van der Waals surface area contributed by atoms with Gasteiger partial charge in [-0.1, -0.05) is 30.0 Å². The van der Waals surface area contributed by atoms with Gasteiger partial charge in [0, 0.05) is 5.56 Å². The molecule has 0 spiro atoms. The number of aromatic nitrogens is 2. The number of nitrogens with zero attached hydrogens (tertiary/aromatic N) is 2. The zero-order valence-electron chi connectivity index (χ0n) is 11.6. The molecule has 0 saturated carbocycles. The van der Waals surface area contributed by atoms with E-state index in [1.165, 1.54) is 19.2 Å². The summed E-state index contributed by atoms with van der Waals surface area (Å²) in [7, 11) is 1.20. The molecule has 0 unspecified atom stereocenters. The van der Waals surface area contributed by atoms with Crippen molar-refractivity contribution in [3.8, 4) is 11.3 Å². The quantitative estimate of drug-likeness (QED) is 0.489. The first-order chi connectivity index (χ1) is 10.4. The van der Waals surface area contributed by atoms with Gasteiger partial charge in [0.25, 0.3) is 0 Å². The molecule has 4 nitrogen and oxygen atoms in total. The molecule has 0 aliphatic rings. The summed E-state index contributed by atoms with van der Waals surface area (Å²) in [5, 5.41) is -0.0236. The monoisotopic (exact) mass is 328 g/mol. The standard InChI is InChI=1S/C14H11F3N2O2S/c1-21-12(20)9-6-4-3-5-8(9)10-7-11(14(15,16)17)19-13(18-10)22-2/h3-7H,1-2H3. The molecule has 0 atom stereocenters. The van der Waals surface area contributed by atoms with Crippen molar-refractivity contribution in [2.75, 3.05) is 13.4 Å². The van der Waals surface area contributed by atoms with Gasteiger partial charge in [0.1, 0.15) is 5.69 Å². The molecule has 0 N–H and O–H groups in total. The Labute approximate surface area is 128 Å². The zero-order chi connectivity index (χ0) is 16.3. The van der Waals surface area contributed by atoms with Gasteiger partial charge >= 0.3 is 12.1 Å². The van der Waals surface area contributed by atoms with Crippen LogP contribution in [0.25, 0.3) is 11.3 Å². The Morgan fingerprint density at radius 2 is 1.91 bits per heavy atom. The molecule has 116 valence electrons. The van der Waals surface area contributed by atoms with Crippen LogP contribution in [-0.2, 0) is 10.9 Å². The highest BCUT2D eigenvalue weighted by molar-refractivity contribution is 7.98. The normalized spacial score (nSPS) is 11.3. The van der Waals surface area contributed by atoms with Crippen molar-refractivity contribution in [3.63, 3.8) is 0 Å². The average Bonchev–Trinajstić information content (AvgIpc) is 2.52. The van der Waals surface area contributed by atoms with Gasteiger partial charge in [0.2, 0.25) is 0 Å². The second-order valence-corrected chi connectivity index (χ2v) is 4.93. The Balaban J connectivity index is 2.65. The highest BCUT2D eigenvalue weighted by Gasteiger charge is 2.34. The summed E-state index contributed by atoms with van der Waals surface area (Å²) in [6, 6.07) is 7.00. The van der Waals surface area contributed by atoms with E-state index in [4.69, 9.17) is 0 Å². The summed E-state index contributed by atoms with van der Waals surface area (Å²) in [5.41, 5.74) is -0.629. The number of thioether (sulfide) groups is 1. The number of alkyl halides is 3. The molecule has 0 aliphatic heterocycles. The summed E-state index contributed by atoms with van der Waals surface area (Å²) in [5.74, 6) is -0.645. The number of esters is 1. The van der Waals surface area contributed by atoms with E-state index in [-0.39, 0.29) is 22.0 Å². The Kier molecular flexibility index (Phi) is 4.70. The van der Waals surface area contributed by atoms with E-state index < -0.39 is 17.8 Å². The molecule has 0 radical (unpaired) electrons. The fourth-order valence-corrected chi connectivity index (χ4v) is 2.17. The first kappa shape index (κ1) is 16.3. The van der Waals surface area contributed by atoms with Crippen molar-refractivity contribution in [3.05, 3.63) is 41.6 Å². The van der Waals surface area contributed by atoms with Crippen molar-refractivity contribution >= 4 is 17.7 Å². The third-order valence-electron chi connectivity index (χ3n) is 2.79. The smallest absolute Gasteiger partial charge is 0.433 e. The summed E-state index contributed by atoms with van der Waals surface area (Å²) >= 11 is 0.990. The van der Waals surface area contributed by atoms with Gasteiger partial charge in [-0.15, -0.1) is 0 Å². The van der Waals surface area contributed by atoms with Gasteiger partial charge in [-0.3, -0.25) is 0 Å². The van der Waals surface area contributed by atoms with E-state index in [1.54, 1.807) is 18.4 Å². The van der Waals surface area contributed by atoms with Crippen molar-refractivity contribution in [1.29, 1.82) is 0 Å². The minimum absolute atomic E-state index is 0.0210. The van der Waals surface area contributed by atoms with E-state index in [1.807, 2.05) is 0 Å². The lowest BCUT2D eigenvalue weighted by atomic mass is 10.0. The van der Waals surface area contributed by atoms with Gasteiger partial charge in [-0.05, 0) is 18.4 Å². The third kappa shape index (κ3) is 3.38. The minimum atomic E-state index is -4.59. The topological polar surface area (TPSA) is 52.1 Å². The van der Waals surface area contributed by atoms with Gasteiger partial charge < -0.3 is 4.74 Å². The van der Waals surface area contributed by atoms with Gasteiger partial charge in [0.05, 0.1) is 18.4 Å². The second-order valence-electron chi connectivity index (χ2n) is 4.16. The summed E-state index contributed by atoms with van der Waals surface area (Å²) < 4.78 is 43.4. The molecule has 2 aromatic rings. The Morgan fingerprint density at radius 1 is 1.23 bits per heavy atom. The highest BCUT2D eigenvalue weighted by Crippen LogP contribution is 2.32. The van der Waals surface area contributed by atoms with E-state index in [0.29, 0.717) is 0 Å². The summed E-state index contributed by atoms with van der Waals surface area (Å²) in [6.45, 7) is 0. The van der Waals surface area contributed by atoms with Crippen LogP contribution in [0.3, 0.4) is 0 Å². The molecule has 0 aliphatic carbocycles. The first-order valence-electron chi connectivity index (χ1n) is 6.04. The van der Waals surface area contributed by atoms with Crippen LogP contribution >= 0.6 is 11.8 Å². The average molecular weight is 328 g/mol. The number of ether oxygens (including phenoxy) is 1. The molecule has 0 amide bonds. The third-order valence-corrected chi connectivity index (χ3v) is 3.33. The molecule has 1 heterocycles. The van der Waals surface area contributed by atoms with E-state index in [0.717, 1.165) is 17.8 Å². The predicted molar refractivity (Wildman–Crippen MR) is 75.6 cm³/mol. The number of rotatable bonds is 3. The largest absolute Gasteiger partial charge is 0.465 e. The highest BCUT2D eigenvalue weighted by atomic mass is 32.2. The van der Waals surface area contributed by atoms with Crippen LogP contribution in [0.5, 0.6) is 0 Å². The lowest BCUT2D eigenvalue weighted by Crippen LogP contribution is -2.11. The van der Waals surface area contributed by atoms with Crippen LogP contribution in [-0.4, -0.2) is 29.3 Å². The maximum Gasteiger partial charge on any atom is 0.433 e. The van der Waals surface area contributed by atoms with Crippen molar-refractivity contribution in [2.24, 2.45) is 0 Å². The van der Waals surface area contributed by atoms with E-state index in [2.05, 4.69) is 14.7 Å². The lowest BCUT2D eigenvalue weighted by molar-refractivity contribution is -0.141. The second kappa shape index (κ2) is 6.35. The summed E-state index contributed by atoms with van der Waals surface area (Å²) in [4.78, 5) is 19.3. The molecule has 2 rings (SSSR count). The number of hydrogen-bond acceptors (Lipinski definition) is 5. The fourth-order valence-electron chi connectivity index (χ4n) is 1.79.